The Labute approximate surface area is 180 Å². The lowest BCUT2D eigenvalue weighted by molar-refractivity contribution is 0.656. The van der Waals surface area contributed by atoms with Crippen molar-refractivity contribution in [1.82, 2.24) is 9.72 Å². The summed E-state index contributed by atoms with van der Waals surface area (Å²) in [6.07, 6.45) is 8.49. The summed E-state index contributed by atoms with van der Waals surface area (Å²) in [4.78, 5) is 0. The van der Waals surface area contributed by atoms with Gasteiger partial charge in [0.25, 0.3) is 0 Å². The summed E-state index contributed by atoms with van der Waals surface area (Å²) >= 11 is 0. The summed E-state index contributed by atoms with van der Waals surface area (Å²) in [5.74, 6) is 0. The predicted molar refractivity (Wildman–Crippen MR) is 125 cm³/mol. The highest BCUT2D eigenvalue weighted by Gasteiger charge is 2.19. The van der Waals surface area contributed by atoms with Crippen LogP contribution in [0.5, 0.6) is 0 Å². The van der Waals surface area contributed by atoms with Gasteiger partial charge in [0.1, 0.15) is 0 Å². The van der Waals surface area contributed by atoms with Crippen LogP contribution in [0.25, 0.3) is 5.52 Å². The number of rotatable bonds is 7. The van der Waals surface area contributed by atoms with Gasteiger partial charge in [-0.1, -0.05) is 18.2 Å². The van der Waals surface area contributed by atoms with E-state index < -0.39 is 0 Å². The maximum absolute atomic E-state index is 3.63. The summed E-state index contributed by atoms with van der Waals surface area (Å²) in [5.41, 5.74) is 8.70. The second kappa shape index (κ2) is 10.8. The lowest BCUT2D eigenvalue weighted by atomic mass is 9.93. The third-order valence-corrected chi connectivity index (χ3v) is 5.48. The van der Waals surface area contributed by atoms with Crippen LogP contribution in [0.2, 0.25) is 0 Å². The molecule has 2 heterocycles. The van der Waals surface area contributed by atoms with E-state index in [4.69, 9.17) is 0 Å². The van der Waals surface area contributed by atoms with Gasteiger partial charge in [-0.15, -0.1) is 24.8 Å². The molecule has 0 bridgehead atoms. The number of benzene rings is 1. The Morgan fingerprint density at radius 3 is 2.54 bits per heavy atom. The first-order chi connectivity index (χ1) is 12.9. The Kier molecular flexibility index (Phi) is 8.68. The van der Waals surface area contributed by atoms with Crippen molar-refractivity contribution in [2.45, 2.75) is 45.6 Å². The van der Waals surface area contributed by atoms with Gasteiger partial charge < -0.3 is 15.0 Å². The van der Waals surface area contributed by atoms with Crippen LogP contribution in [0.1, 0.15) is 42.1 Å². The van der Waals surface area contributed by atoms with Crippen molar-refractivity contribution >= 4 is 36.0 Å². The first kappa shape index (κ1) is 22.6. The molecule has 0 amide bonds. The number of fused-ring (bicyclic) bond motifs is 3. The number of nitrogens with zero attached hydrogens (tertiary/aromatic N) is 1. The number of halogens is 2. The van der Waals surface area contributed by atoms with E-state index in [2.05, 4.69) is 70.6 Å². The molecule has 3 aromatic rings. The molecule has 4 rings (SSSR count). The summed E-state index contributed by atoms with van der Waals surface area (Å²) < 4.78 is 2.43. The van der Waals surface area contributed by atoms with Crippen molar-refractivity contribution in [3.63, 3.8) is 0 Å². The molecule has 0 unspecified atom stereocenters. The zero-order chi connectivity index (χ0) is 17.8. The lowest BCUT2D eigenvalue weighted by Gasteiger charge is -2.13. The Bertz CT molecular complexity index is 871. The fraction of sp³-hybridized carbons (Fsp3) is 0.391. The number of aryl methyl sites for hydroxylation is 1. The fourth-order valence-corrected chi connectivity index (χ4v) is 4.23. The highest BCUT2D eigenvalue weighted by Crippen LogP contribution is 2.30. The topological polar surface area (TPSA) is 28.5 Å². The van der Waals surface area contributed by atoms with Crippen molar-refractivity contribution in [3.8, 4) is 0 Å². The maximum atomic E-state index is 3.63. The van der Waals surface area contributed by atoms with Crippen LogP contribution in [0, 0.1) is 0 Å². The smallest absolute Gasteiger partial charge is 0.0488 e. The molecule has 0 radical (unpaired) electrons. The van der Waals surface area contributed by atoms with Crippen LogP contribution in [0.4, 0.5) is 5.69 Å². The second-order valence-corrected chi connectivity index (χ2v) is 7.22. The highest BCUT2D eigenvalue weighted by atomic mass is 35.5. The van der Waals surface area contributed by atoms with E-state index >= 15 is 0 Å². The predicted octanol–water partition coefficient (Wildman–Crippen LogP) is 5.43. The Morgan fingerprint density at radius 1 is 0.964 bits per heavy atom. The van der Waals surface area contributed by atoms with E-state index in [0.717, 1.165) is 26.1 Å². The molecule has 0 saturated carbocycles. The molecule has 0 atom stereocenters. The number of hydrogen-bond acceptors (Lipinski definition) is 2. The van der Waals surface area contributed by atoms with Crippen molar-refractivity contribution in [3.05, 3.63) is 71.0 Å². The molecule has 1 aromatic carbocycles. The summed E-state index contributed by atoms with van der Waals surface area (Å²) in [7, 11) is 0. The largest absolute Gasteiger partial charge is 0.385 e. The van der Waals surface area contributed by atoms with Crippen LogP contribution in [-0.2, 0) is 25.8 Å². The number of nitrogens with one attached hydrogen (secondary N) is 2. The molecule has 0 aliphatic heterocycles. The van der Waals surface area contributed by atoms with E-state index in [9.17, 15) is 0 Å². The summed E-state index contributed by atoms with van der Waals surface area (Å²) in [5, 5.41) is 6.98. The van der Waals surface area contributed by atoms with Crippen LogP contribution in [0.15, 0.2) is 48.7 Å². The molecule has 5 heteroatoms. The van der Waals surface area contributed by atoms with Crippen molar-refractivity contribution in [2.75, 3.05) is 18.4 Å². The van der Waals surface area contributed by atoms with E-state index in [1.54, 1.807) is 16.8 Å². The van der Waals surface area contributed by atoms with Crippen LogP contribution in [-0.4, -0.2) is 17.5 Å². The molecule has 2 aromatic heterocycles. The third kappa shape index (κ3) is 4.83. The molecule has 2 N–H and O–H groups in total. The van der Waals surface area contributed by atoms with Crippen molar-refractivity contribution < 1.29 is 0 Å². The van der Waals surface area contributed by atoms with Gasteiger partial charge in [-0.25, -0.2) is 0 Å². The van der Waals surface area contributed by atoms with Gasteiger partial charge in [0.15, 0.2) is 0 Å². The average Bonchev–Trinajstić information content (AvgIpc) is 3.01. The van der Waals surface area contributed by atoms with Crippen LogP contribution in [0.3, 0.4) is 0 Å². The molecule has 0 saturated heterocycles. The van der Waals surface area contributed by atoms with Crippen LogP contribution < -0.4 is 10.6 Å². The maximum Gasteiger partial charge on any atom is 0.0488 e. The second-order valence-electron chi connectivity index (χ2n) is 7.22. The van der Waals surface area contributed by atoms with Gasteiger partial charge in [-0.05, 0) is 86.5 Å². The monoisotopic (exact) mass is 419 g/mol. The molecule has 1 aliphatic carbocycles. The molecule has 3 nitrogen and oxygen atoms in total. The van der Waals surface area contributed by atoms with Crippen molar-refractivity contribution in [2.24, 2.45) is 0 Å². The normalized spacial score (nSPS) is 12.8. The Morgan fingerprint density at radius 2 is 1.75 bits per heavy atom. The molecular formula is C23H31Cl2N3. The quantitative estimate of drug-likeness (QED) is 0.500. The highest BCUT2D eigenvalue weighted by molar-refractivity contribution is 5.85. The number of anilines is 1. The first-order valence-electron chi connectivity index (χ1n) is 10.00. The summed E-state index contributed by atoms with van der Waals surface area (Å²) in [6, 6.07) is 15.4. The Hall–Kier alpha value is -1.68. The van der Waals surface area contributed by atoms with Crippen molar-refractivity contribution in [1.29, 1.82) is 0 Å². The standard InChI is InChI=1S/C23H29N3.2ClH/c1-2-25-19-12-10-18(11-13-19)17-24-15-14-21-20-7-3-4-8-22(20)26-16-6-5-9-23(21)26;;/h5-6,9-13,16,24-25H,2-4,7-8,14-15,17H2,1H3;2*1H. The zero-order valence-electron chi connectivity index (χ0n) is 16.5. The molecule has 0 spiro atoms. The van der Waals surface area contributed by atoms with E-state index in [0.29, 0.717) is 0 Å². The number of pyridine rings is 1. The van der Waals surface area contributed by atoms with E-state index in [-0.39, 0.29) is 24.8 Å². The molecule has 0 fully saturated rings. The fourth-order valence-electron chi connectivity index (χ4n) is 4.23. The van der Waals surface area contributed by atoms with Gasteiger partial charge >= 0.3 is 0 Å². The molecular weight excluding hydrogens is 389 g/mol. The Balaban J connectivity index is 0.00000140. The van der Waals surface area contributed by atoms with E-state index in [1.165, 1.54) is 42.5 Å². The molecule has 1 aliphatic rings. The van der Waals surface area contributed by atoms with Gasteiger partial charge in [-0.2, -0.15) is 0 Å². The van der Waals surface area contributed by atoms with Gasteiger partial charge in [0, 0.05) is 36.2 Å². The SMILES string of the molecule is CCNc1ccc(CNCCc2c3c(n4ccccc24)CCCC3)cc1.Cl.Cl. The number of hydrogen-bond donors (Lipinski definition) is 2. The van der Waals surface area contributed by atoms with Gasteiger partial charge in [0.05, 0.1) is 0 Å². The van der Waals surface area contributed by atoms with Crippen LogP contribution >= 0.6 is 24.8 Å². The minimum atomic E-state index is 0. The number of aromatic nitrogens is 1. The van der Waals surface area contributed by atoms with Gasteiger partial charge in [0.2, 0.25) is 0 Å². The first-order valence-corrected chi connectivity index (χ1v) is 10.00. The third-order valence-electron chi connectivity index (χ3n) is 5.48. The molecule has 152 valence electrons. The van der Waals surface area contributed by atoms with E-state index in [1.807, 2.05) is 0 Å². The minimum absolute atomic E-state index is 0. The summed E-state index contributed by atoms with van der Waals surface area (Å²) in [6.45, 7) is 5.05. The zero-order valence-corrected chi connectivity index (χ0v) is 18.2. The minimum Gasteiger partial charge on any atom is -0.385 e. The molecule has 28 heavy (non-hydrogen) atoms. The lowest BCUT2D eigenvalue weighted by Crippen LogP contribution is -2.17. The average molecular weight is 420 g/mol. The van der Waals surface area contributed by atoms with Gasteiger partial charge in [-0.3, -0.25) is 0 Å².